The third-order valence-electron chi connectivity index (χ3n) is 3.63. The Bertz CT molecular complexity index is 267. The second-order valence-corrected chi connectivity index (χ2v) is 6.32. The van der Waals surface area contributed by atoms with Crippen LogP contribution in [0.2, 0.25) is 0 Å². The summed E-state index contributed by atoms with van der Waals surface area (Å²) in [6, 6.07) is 1.29. The Kier molecular flexibility index (Phi) is 7.75. The van der Waals surface area contributed by atoms with Gasteiger partial charge in [0.1, 0.15) is 0 Å². The number of nitrogens with zero attached hydrogens (tertiary/aromatic N) is 1. The van der Waals surface area contributed by atoms with E-state index in [2.05, 4.69) is 34.3 Å². The van der Waals surface area contributed by atoms with Crippen molar-refractivity contribution in [1.29, 1.82) is 0 Å². The largest absolute Gasteiger partial charge is 0.353 e. The van der Waals surface area contributed by atoms with Crippen molar-refractivity contribution in [1.82, 2.24) is 10.6 Å². The van der Waals surface area contributed by atoms with Crippen LogP contribution in [-0.2, 0) is 0 Å². The SMILES string of the molecule is CCCC1CC1NC(=NC)NC1CCCSC1.I. The molecule has 0 amide bonds. The Morgan fingerprint density at radius 1 is 1.39 bits per heavy atom. The molecule has 3 unspecified atom stereocenters. The molecule has 0 aromatic carbocycles. The highest BCUT2D eigenvalue weighted by atomic mass is 127. The smallest absolute Gasteiger partial charge is 0.191 e. The van der Waals surface area contributed by atoms with Crippen LogP contribution in [0, 0.1) is 5.92 Å². The van der Waals surface area contributed by atoms with Gasteiger partial charge >= 0.3 is 0 Å². The molecule has 0 aromatic heterocycles. The Hall–Kier alpha value is 0.350. The van der Waals surface area contributed by atoms with Crippen LogP contribution in [-0.4, -0.2) is 36.6 Å². The van der Waals surface area contributed by atoms with Gasteiger partial charge in [0.2, 0.25) is 0 Å². The van der Waals surface area contributed by atoms with Gasteiger partial charge in [-0.25, -0.2) is 0 Å². The van der Waals surface area contributed by atoms with Crippen molar-refractivity contribution in [3.8, 4) is 0 Å². The number of guanidine groups is 1. The molecular formula is C13H26IN3S. The van der Waals surface area contributed by atoms with E-state index in [0.717, 1.165) is 11.9 Å². The lowest BCUT2D eigenvalue weighted by molar-refractivity contribution is 0.576. The third kappa shape index (κ3) is 5.15. The van der Waals surface area contributed by atoms with Gasteiger partial charge in [0.15, 0.2) is 5.96 Å². The summed E-state index contributed by atoms with van der Waals surface area (Å²) in [7, 11) is 1.88. The Labute approximate surface area is 132 Å². The van der Waals surface area contributed by atoms with Gasteiger partial charge in [-0.1, -0.05) is 13.3 Å². The highest BCUT2D eigenvalue weighted by Crippen LogP contribution is 2.34. The summed E-state index contributed by atoms with van der Waals surface area (Å²) in [5, 5.41) is 7.11. The van der Waals surface area contributed by atoms with Crippen LogP contribution in [0.4, 0.5) is 0 Å². The first-order valence-corrected chi connectivity index (χ1v) is 8.06. The molecule has 18 heavy (non-hydrogen) atoms. The van der Waals surface area contributed by atoms with Crippen LogP contribution in [0.3, 0.4) is 0 Å². The first kappa shape index (κ1) is 16.4. The maximum Gasteiger partial charge on any atom is 0.191 e. The van der Waals surface area contributed by atoms with E-state index in [-0.39, 0.29) is 24.0 Å². The van der Waals surface area contributed by atoms with Crippen molar-refractivity contribution >= 4 is 41.7 Å². The minimum Gasteiger partial charge on any atom is -0.353 e. The number of hydrogen-bond acceptors (Lipinski definition) is 2. The molecule has 2 fully saturated rings. The van der Waals surface area contributed by atoms with Crippen LogP contribution in [0.15, 0.2) is 4.99 Å². The van der Waals surface area contributed by atoms with Gasteiger partial charge in [0.05, 0.1) is 0 Å². The molecule has 1 saturated carbocycles. The molecule has 1 aliphatic heterocycles. The van der Waals surface area contributed by atoms with Gasteiger partial charge in [-0.15, -0.1) is 24.0 Å². The summed E-state index contributed by atoms with van der Waals surface area (Å²) in [5.74, 6) is 4.45. The highest BCUT2D eigenvalue weighted by molar-refractivity contribution is 14.0. The van der Waals surface area contributed by atoms with E-state index in [1.165, 1.54) is 43.6 Å². The molecule has 3 atom stereocenters. The number of nitrogens with one attached hydrogen (secondary N) is 2. The third-order valence-corrected chi connectivity index (χ3v) is 4.84. The summed E-state index contributed by atoms with van der Waals surface area (Å²) in [6.45, 7) is 2.27. The quantitative estimate of drug-likeness (QED) is 0.445. The van der Waals surface area contributed by atoms with E-state index in [4.69, 9.17) is 0 Å². The highest BCUT2D eigenvalue weighted by Gasteiger charge is 2.36. The monoisotopic (exact) mass is 383 g/mol. The fourth-order valence-corrected chi connectivity index (χ4v) is 3.58. The van der Waals surface area contributed by atoms with Crippen LogP contribution in [0.1, 0.15) is 39.0 Å². The van der Waals surface area contributed by atoms with Crippen molar-refractivity contribution in [3.63, 3.8) is 0 Å². The van der Waals surface area contributed by atoms with Crippen LogP contribution >= 0.6 is 35.7 Å². The summed E-state index contributed by atoms with van der Waals surface area (Å²) >= 11 is 2.05. The molecule has 3 nitrogen and oxygen atoms in total. The fraction of sp³-hybridized carbons (Fsp3) is 0.923. The van der Waals surface area contributed by atoms with Gasteiger partial charge in [-0.2, -0.15) is 11.8 Å². The van der Waals surface area contributed by atoms with Crippen LogP contribution in [0.5, 0.6) is 0 Å². The van der Waals surface area contributed by atoms with E-state index >= 15 is 0 Å². The van der Waals surface area contributed by atoms with Crippen LogP contribution in [0.25, 0.3) is 0 Å². The number of aliphatic imine (C=N–C) groups is 1. The van der Waals surface area contributed by atoms with E-state index in [0.29, 0.717) is 12.1 Å². The molecule has 2 N–H and O–H groups in total. The molecule has 1 saturated heterocycles. The summed E-state index contributed by atoms with van der Waals surface area (Å²) in [4.78, 5) is 4.34. The van der Waals surface area contributed by atoms with E-state index in [1.807, 2.05) is 7.05 Å². The molecule has 0 spiro atoms. The Balaban J connectivity index is 0.00000162. The average molecular weight is 383 g/mol. The van der Waals surface area contributed by atoms with Crippen molar-refractivity contribution in [2.75, 3.05) is 18.6 Å². The molecule has 0 bridgehead atoms. The first-order chi connectivity index (χ1) is 8.33. The van der Waals surface area contributed by atoms with Crippen molar-refractivity contribution in [2.24, 2.45) is 10.9 Å². The topological polar surface area (TPSA) is 36.4 Å². The lowest BCUT2D eigenvalue weighted by atomic mass is 10.2. The number of rotatable bonds is 4. The van der Waals surface area contributed by atoms with Crippen molar-refractivity contribution in [2.45, 2.75) is 51.1 Å². The number of hydrogen-bond donors (Lipinski definition) is 2. The summed E-state index contributed by atoms with van der Waals surface area (Å²) in [5.41, 5.74) is 0. The predicted molar refractivity (Wildman–Crippen MR) is 92.2 cm³/mol. The van der Waals surface area contributed by atoms with Gasteiger partial charge < -0.3 is 10.6 Å². The average Bonchev–Trinajstić information content (AvgIpc) is 3.08. The molecule has 0 radical (unpaired) electrons. The van der Waals surface area contributed by atoms with Gasteiger partial charge in [0, 0.05) is 24.9 Å². The zero-order valence-electron chi connectivity index (χ0n) is 11.4. The fourth-order valence-electron chi connectivity index (χ4n) is 2.51. The second kappa shape index (κ2) is 8.51. The molecule has 2 aliphatic rings. The van der Waals surface area contributed by atoms with Gasteiger partial charge in [-0.05, 0) is 37.4 Å². The molecular weight excluding hydrogens is 357 g/mol. The second-order valence-electron chi connectivity index (χ2n) is 5.17. The van der Waals surface area contributed by atoms with Gasteiger partial charge in [0.25, 0.3) is 0 Å². The van der Waals surface area contributed by atoms with E-state index in [9.17, 15) is 0 Å². The maximum atomic E-state index is 4.34. The lowest BCUT2D eigenvalue weighted by Crippen LogP contribution is -2.46. The standard InChI is InChI=1S/C13H25N3S.HI/c1-3-5-10-8-12(10)16-13(14-2)15-11-6-4-7-17-9-11;/h10-12H,3-9H2,1-2H3,(H2,14,15,16);1H. The minimum absolute atomic E-state index is 0. The van der Waals surface area contributed by atoms with Crippen molar-refractivity contribution in [3.05, 3.63) is 0 Å². The predicted octanol–water partition coefficient (Wildman–Crippen LogP) is 2.85. The van der Waals surface area contributed by atoms with Crippen molar-refractivity contribution < 1.29 is 0 Å². The Morgan fingerprint density at radius 2 is 2.22 bits per heavy atom. The normalized spacial score (nSPS) is 31.4. The minimum atomic E-state index is 0. The zero-order chi connectivity index (χ0) is 12.1. The summed E-state index contributed by atoms with van der Waals surface area (Å²) in [6.07, 6.45) is 6.61. The first-order valence-electron chi connectivity index (χ1n) is 6.91. The molecule has 1 heterocycles. The number of thioether (sulfide) groups is 1. The maximum absolute atomic E-state index is 4.34. The number of halogens is 1. The van der Waals surface area contributed by atoms with Crippen LogP contribution < -0.4 is 10.6 Å². The van der Waals surface area contributed by atoms with Gasteiger partial charge in [-0.3, -0.25) is 4.99 Å². The Morgan fingerprint density at radius 3 is 2.83 bits per heavy atom. The molecule has 2 rings (SSSR count). The zero-order valence-corrected chi connectivity index (χ0v) is 14.6. The molecule has 0 aromatic rings. The lowest BCUT2D eigenvalue weighted by Gasteiger charge is -2.24. The molecule has 106 valence electrons. The van der Waals surface area contributed by atoms with E-state index < -0.39 is 0 Å². The molecule has 5 heteroatoms. The molecule has 1 aliphatic carbocycles. The summed E-state index contributed by atoms with van der Waals surface area (Å²) < 4.78 is 0. The van der Waals surface area contributed by atoms with E-state index in [1.54, 1.807) is 0 Å².